The molecule has 1 aliphatic carbocycles. The van der Waals surface area contributed by atoms with Crippen LogP contribution >= 0.6 is 0 Å². The lowest BCUT2D eigenvalue weighted by Crippen LogP contribution is -2.13. The topological polar surface area (TPSA) is 114 Å². The van der Waals surface area contributed by atoms with Crippen LogP contribution in [0.5, 0.6) is 5.75 Å². The Kier molecular flexibility index (Phi) is 6.76. The molecule has 194 valence electrons. The molecule has 3 aromatic heterocycles. The van der Waals surface area contributed by atoms with Crippen molar-refractivity contribution in [3.63, 3.8) is 0 Å². The molecule has 0 saturated heterocycles. The minimum Gasteiger partial charge on any atom is -0.493 e. The van der Waals surface area contributed by atoms with Crippen LogP contribution < -0.4 is 10.3 Å². The lowest BCUT2D eigenvalue weighted by molar-refractivity contribution is -0.135. The van der Waals surface area contributed by atoms with E-state index >= 15 is 4.39 Å². The van der Waals surface area contributed by atoms with Crippen molar-refractivity contribution in [2.75, 3.05) is 6.61 Å². The lowest BCUT2D eigenvalue weighted by Gasteiger charge is -2.11. The van der Waals surface area contributed by atoms with Crippen molar-refractivity contribution >= 4 is 0 Å². The van der Waals surface area contributed by atoms with Crippen LogP contribution in [0.25, 0.3) is 33.9 Å². The smallest absolute Gasteiger partial charge is 0.389 e. The van der Waals surface area contributed by atoms with Crippen molar-refractivity contribution in [3.05, 3.63) is 52.7 Å². The Morgan fingerprint density at radius 2 is 1.92 bits per heavy atom. The summed E-state index contributed by atoms with van der Waals surface area (Å²) < 4.78 is 59.1. The first kappa shape index (κ1) is 24.7. The van der Waals surface area contributed by atoms with Gasteiger partial charge in [-0.15, -0.1) is 10.2 Å². The van der Waals surface area contributed by atoms with E-state index in [0.717, 1.165) is 12.8 Å². The third kappa shape index (κ3) is 5.87. The molecule has 1 fully saturated rings. The largest absolute Gasteiger partial charge is 0.493 e. The predicted octanol–water partition coefficient (Wildman–Crippen LogP) is 5.06. The number of halogens is 4. The van der Waals surface area contributed by atoms with Crippen molar-refractivity contribution in [1.29, 1.82) is 0 Å². The summed E-state index contributed by atoms with van der Waals surface area (Å²) in [6, 6.07) is 7.92. The van der Waals surface area contributed by atoms with Crippen molar-refractivity contribution in [2.45, 2.75) is 50.7 Å². The van der Waals surface area contributed by atoms with E-state index in [1.807, 2.05) is 10.9 Å². The number of unbranched alkanes of at least 4 members (excludes halogenated alkanes) is 2. The zero-order valence-corrected chi connectivity index (χ0v) is 19.6. The van der Waals surface area contributed by atoms with E-state index in [0.29, 0.717) is 30.1 Å². The molecule has 5 rings (SSSR count). The van der Waals surface area contributed by atoms with E-state index in [1.165, 1.54) is 12.1 Å². The maximum absolute atomic E-state index is 15.1. The second kappa shape index (κ2) is 10.1. The van der Waals surface area contributed by atoms with Gasteiger partial charge in [0.1, 0.15) is 11.6 Å². The molecular formula is C24H23F4N7O2. The standard InChI is InChI=1S/C24H23F4N7O2/c25-18-12-15(37-11-3-1-2-9-24(26,27)28)6-7-16(18)20-13-17(19-8-10-35(32-19)14-4-5-14)21(23(36)29-20)22-30-33-34-31-22/h6-8,10,12-14H,1-5,9,11H2,(H,29,36)(H,30,31,33,34). The zero-order chi connectivity index (χ0) is 26.0. The number of aromatic amines is 2. The van der Waals surface area contributed by atoms with Crippen LogP contribution in [0.4, 0.5) is 17.6 Å². The number of pyridine rings is 1. The number of tetrazole rings is 1. The summed E-state index contributed by atoms with van der Waals surface area (Å²) in [6.07, 6.45) is -0.295. The van der Waals surface area contributed by atoms with Crippen LogP contribution in [-0.2, 0) is 0 Å². The van der Waals surface area contributed by atoms with Crippen molar-refractivity contribution in [3.8, 4) is 39.7 Å². The van der Waals surface area contributed by atoms with Crippen LogP contribution in [0.3, 0.4) is 0 Å². The SMILES string of the molecule is O=c1[nH]c(-c2ccc(OCCCCCC(F)(F)F)cc2F)cc(-c2ccn(C3CC3)n2)c1-c1nn[nH]n1. The number of hydrogen-bond donors (Lipinski definition) is 2. The summed E-state index contributed by atoms with van der Waals surface area (Å²) in [4.78, 5) is 15.8. The van der Waals surface area contributed by atoms with Crippen LogP contribution in [0.1, 0.15) is 44.6 Å². The molecule has 0 bridgehead atoms. The number of rotatable bonds is 10. The maximum atomic E-state index is 15.1. The highest BCUT2D eigenvalue weighted by molar-refractivity contribution is 5.81. The molecule has 37 heavy (non-hydrogen) atoms. The van der Waals surface area contributed by atoms with E-state index < -0.39 is 24.0 Å². The Bertz CT molecular complexity index is 1430. The summed E-state index contributed by atoms with van der Waals surface area (Å²) in [5.41, 5.74) is 0.933. The van der Waals surface area contributed by atoms with Gasteiger partial charge in [-0.3, -0.25) is 9.48 Å². The van der Waals surface area contributed by atoms with Crippen molar-refractivity contribution < 1.29 is 22.3 Å². The fourth-order valence-electron chi connectivity index (χ4n) is 4.02. The first-order valence-corrected chi connectivity index (χ1v) is 11.8. The molecule has 0 spiro atoms. The Morgan fingerprint density at radius 3 is 2.62 bits per heavy atom. The van der Waals surface area contributed by atoms with Gasteiger partial charge in [-0.1, -0.05) is 0 Å². The third-order valence-electron chi connectivity index (χ3n) is 6.01. The Morgan fingerprint density at radius 1 is 1.08 bits per heavy atom. The molecule has 2 N–H and O–H groups in total. The van der Waals surface area contributed by atoms with Crippen LogP contribution in [0, 0.1) is 5.82 Å². The van der Waals surface area contributed by atoms with E-state index in [1.54, 1.807) is 18.2 Å². The predicted molar refractivity (Wildman–Crippen MR) is 125 cm³/mol. The van der Waals surface area contributed by atoms with Gasteiger partial charge in [-0.05, 0) is 61.6 Å². The van der Waals surface area contributed by atoms with Gasteiger partial charge in [-0.25, -0.2) is 4.39 Å². The third-order valence-corrected chi connectivity index (χ3v) is 6.01. The number of nitrogens with one attached hydrogen (secondary N) is 2. The number of alkyl halides is 3. The maximum Gasteiger partial charge on any atom is 0.389 e. The molecule has 0 radical (unpaired) electrons. The van der Waals surface area contributed by atoms with E-state index in [9.17, 15) is 18.0 Å². The van der Waals surface area contributed by atoms with Crippen LogP contribution in [-0.4, -0.2) is 48.2 Å². The number of ether oxygens (including phenoxy) is 1. The van der Waals surface area contributed by atoms with Gasteiger partial charge in [-0.2, -0.15) is 23.5 Å². The van der Waals surface area contributed by atoms with Gasteiger partial charge < -0.3 is 9.72 Å². The molecule has 0 amide bonds. The fraction of sp³-hybridized carbons (Fsp3) is 0.375. The quantitative estimate of drug-likeness (QED) is 0.225. The van der Waals surface area contributed by atoms with Gasteiger partial charge in [0.05, 0.1) is 29.6 Å². The highest BCUT2D eigenvalue weighted by Crippen LogP contribution is 2.36. The van der Waals surface area contributed by atoms with Gasteiger partial charge in [0.15, 0.2) is 0 Å². The van der Waals surface area contributed by atoms with Gasteiger partial charge in [0, 0.05) is 29.8 Å². The average molecular weight is 517 g/mol. The fourth-order valence-corrected chi connectivity index (χ4v) is 4.02. The van der Waals surface area contributed by atoms with Crippen LogP contribution in [0.2, 0.25) is 0 Å². The lowest BCUT2D eigenvalue weighted by atomic mass is 10.0. The summed E-state index contributed by atoms with van der Waals surface area (Å²) >= 11 is 0. The molecule has 1 saturated carbocycles. The van der Waals surface area contributed by atoms with Crippen molar-refractivity contribution in [1.82, 2.24) is 35.4 Å². The van der Waals surface area contributed by atoms with E-state index in [-0.39, 0.29) is 41.4 Å². The van der Waals surface area contributed by atoms with Gasteiger partial charge in [0.25, 0.3) is 5.56 Å². The Labute approximate surface area is 207 Å². The monoisotopic (exact) mass is 517 g/mol. The molecule has 9 nitrogen and oxygen atoms in total. The molecule has 0 atom stereocenters. The van der Waals surface area contributed by atoms with E-state index in [4.69, 9.17) is 4.74 Å². The summed E-state index contributed by atoms with van der Waals surface area (Å²) in [7, 11) is 0. The molecule has 4 aromatic rings. The summed E-state index contributed by atoms with van der Waals surface area (Å²) in [5.74, 6) is -0.304. The molecular weight excluding hydrogens is 494 g/mol. The van der Waals surface area contributed by atoms with Gasteiger partial charge in [0.2, 0.25) is 5.82 Å². The first-order chi connectivity index (χ1) is 17.8. The Hall–Kier alpha value is -4.03. The minimum atomic E-state index is -4.17. The molecule has 1 aromatic carbocycles. The van der Waals surface area contributed by atoms with Crippen molar-refractivity contribution in [2.24, 2.45) is 0 Å². The number of benzene rings is 1. The highest BCUT2D eigenvalue weighted by Gasteiger charge is 2.27. The molecule has 0 aliphatic heterocycles. The average Bonchev–Trinajstić information content (AvgIpc) is 3.34. The summed E-state index contributed by atoms with van der Waals surface area (Å²) in [6.45, 7) is 0.167. The number of aromatic nitrogens is 7. The molecule has 1 aliphatic rings. The molecule has 0 unspecified atom stereocenters. The van der Waals surface area contributed by atoms with Gasteiger partial charge >= 0.3 is 6.18 Å². The molecule has 3 heterocycles. The first-order valence-electron chi connectivity index (χ1n) is 11.8. The zero-order valence-electron chi connectivity index (χ0n) is 19.6. The Balaban J connectivity index is 1.37. The normalized spacial score (nSPS) is 13.7. The van der Waals surface area contributed by atoms with Crippen LogP contribution in [0.15, 0.2) is 41.3 Å². The number of nitrogens with zero attached hydrogens (tertiary/aromatic N) is 5. The number of H-pyrrole nitrogens is 2. The highest BCUT2D eigenvalue weighted by atomic mass is 19.4. The molecule has 13 heteroatoms. The minimum absolute atomic E-state index is 0.0224. The number of hydrogen-bond acceptors (Lipinski definition) is 6. The van der Waals surface area contributed by atoms with E-state index in [2.05, 4.69) is 30.7 Å². The second-order valence-electron chi connectivity index (χ2n) is 8.86. The summed E-state index contributed by atoms with van der Waals surface area (Å²) in [5, 5.41) is 18.3. The second-order valence-corrected chi connectivity index (χ2v) is 8.86.